The first-order valence-corrected chi connectivity index (χ1v) is 9.89. The molecule has 1 saturated heterocycles. The first-order valence-electron chi connectivity index (χ1n) is 9.89. The van der Waals surface area contributed by atoms with Crippen LogP contribution in [-0.4, -0.2) is 30.4 Å². The molecule has 4 rings (SSSR count). The van der Waals surface area contributed by atoms with Crippen molar-refractivity contribution < 1.29 is 9.53 Å². The van der Waals surface area contributed by atoms with E-state index < -0.39 is 0 Å². The lowest BCUT2D eigenvalue weighted by Gasteiger charge is -2.14. The molecule has 1 aliphatic heterocycles. The molecule has 6 heteroatoms. The van der Waals surface area contributed by atoms with Crippen molar-refractivity contribution in [3.63, 3.8) is 0 Å². The molecule has 1 fully saturated rings. The first kappa shape index (κ1) is 19.7. The molecule has 5 N–H and O–H groups in total. The maximum Gasteiger partial charge on any atom is 0.241 e. The molecular formula is C24H24N4O2. The van der Waals surface area contributed by atoms with E-state index in [1.807, 2.05) is 48.5 Å². The van der Waals surface area contributed by atoms with Crippen LogP contribution in [0.3, 0.4) is 0 Å². The van der Waals surface area contributed by atoms with Crippen LogP contribution >= 0.6 is 0 Å². The fraction of sp³-hybridized carbons (Fsp3) is 0.167. The second-order valence-corrected chi connectivity index (χ2v) is 7.31. The molecule has 1 aliphatic rings. The minimum absolute atomic E-state index is 0.000495. The molecule has 2 atom stereocenters. The molecule has 30 heavy (non-hydrogen) atoms. The third kappa shape index (κ3) is 4.67. The molecule has 0 saturated carbocycles. The number of carbonyl (C=O) groups excluding carboxylic acids is 1. The van der Waals surface area contributed by atoms with Gasteiger partial charge >= 0.3 is 0 Å². The Balaban J connectivity index is 1.33. The van der Waals surface area contributed by atoms with Gasteiger partial charge < -0.3 is 21.1 Å². The van der Waals surface area contributed by atoms with Crippen molar-refractivity contribution in [2.45, 2.75) is 18.6 Å². The summed E-state index contributed by atoms with van der Waals surface area (Å²) in [6.07, 6.45) is 0.446. The van der Waals surface area contributed by atoms with Gasteiger partial charge in [0.05, 0.1) is 6.04 Å². The van der Waals surface area contributed by atoms with Crippen LogP contribution in [0.25, 0.3) is 11.1 Å². The van der Waals surface area contributed by atoms with Gasteiger partial charge in [0.2, 0.25) is 5.91 Å². The van der Waals surface area contributed by atoms with E-state index in [1.54, 1.807) is 18.2 Å². The highest BCUT2D eigenvalue weighted by atomic mass is 16.5. The Morgan fingerprint density at radius 3 is 2.47 bits per heavy atom. The van der Waals surface area contributed by atoms with Gasteiger partial charge in [-0.1, -0.05) is 54.6 Å². The number of benzene rings is 3. The summed E-state index contributed by atoms with van der Waals surface area (Å²) in [4.78, 5) is 12.6. The summed E-state index contributed by atoms with van der Waals surface area (Å²) < 4.78 is 5.97. The van der Waals surface area contributed by atoms with Crippen LogP contribution in [0.5, 0.6) is 5.75 Å². The Kier molecular flexibility index (Phi) is 5.77. The molecule has 6 nitrogen and oxygen atoms in total. The Hall–Kier alpha value is -3.64. The van der Waals surface area contributed by atoms with Crippen LogP contribution in [-0.2, 0) is 4.79 Å². The summed E-state index contributed by atoms with van der Waals surface area (Å²) in [6.45, 7) is 0.579. The summed E-state index contributed by atoms with van der Waals surface area (Å²) in [7, 11) is 0. The van der Waals surface area contributed by atoms with Crippen molar-refractivity contribution in [3.05, 3.63) is 84.4 Å². The van der Waals surface area contributed by atoms with Crippen LogP contribution in [0.2, 0.25) is 0 Å². The lowest BCUT2D eigenvalue weighted by atomic mass is 10.1. The van der Waals surface area contributed by atoms with Crippen molar-refractivity contribution in [2.75, 3.05) is 11.9 Å². The molecule has 152 valence electrons. The lowest BCUT2D eigenvalue weighted by molar-refractivity contribution is -0.117. The molecule has 1 amide bonds. The Morgan fingerprint density at radius 1 is 1.00 bits per heavy atom. The fourth-order valence-corrected chi connectivity index (χ4v) is 3.53. The number of amides is 1. The molecule has 3 aromatic carbocycles. The van der Waals surface area contributed by atoms with Crippen molar-refractivity contribution in [3.8, 4) is 16.9 Å². The second-order valence-electron chi connectivity index (χ2n) is 7.31. The summed E-state index contributed by atoms with van der Waals surface area (Å²) in [5.41, 5.74) is 9.16. The van der Waals surface area contributed by atoms with Gasteiger partial charge in [-0.25, -0.2) is 0 Å². The van der Waals surface area contributed by atoms with Crippen molar-refractivity contribution in [1.29, 1.82) is 5.41 Å². The van der Waals surface area contributed by atoms with Gasteiger partial charge in [-0.3, -0.25) is 10.2 Å². The maximum absolute atomic E-state index is 12.6. The smallest absolute Gasteiger partial charge is 0.241 e. The average Bonchev–Trinajstić information content (AvgIpc) is 3.24. The van der Waals surface area contributed by atoms with E-state index in [0.717, 1.165) is 16.8 Å². The number of nitrogens with one attached hydrogen (secondary N) is 3. The van der Waals surface area contributed by atoms with Gasteiger partial charge in [-0.05, 0) is 35.4 Å². The van der Waals surface area contributed by atoms with E-state index in [0.29, 0.717) is 24.3 Å². The van der Waals surface area contributed by atoms with E-state index in [2.05, 4.69) is 22.8 Å². The third-order valence-electron chi connectivity index (χ3n) is 5.11. The van der Waals surface area contributed by atoms with E-state index in [9.17, 15) is 4.79 Å². The van der Waals surface area contributed by atoms with Gasteiger partial charge in [0.15, 0.2) is 0 Å². The summed E-state index contributed by atoms with van der Waals surface area (Å²) >= 11 is 0. The zero-order valence-corrected chi connectivity index (χ0v) is 16.5. The van der Waals surface area contributed by atoms with Crippen LogP contribution in [0.1, 0.15) is 12.0 Å². The van der Waals surface area contributed by atoms with Gasteiger partial charge in [-0.2, -0.15) is 0 Å². The highest BCUT2D eigenvalue weighted by Crippen LogP contribution is 2.22. The molecule has 3 aromatic rings. The van der Waals surface area contributed by atoms with Crippen molar-refractivity contribution >= 4 is 17.4 Å². The highest BCUT2D eigenvalue weighted by Gasteiger charge is 2.30. The number of rotatable bonds is 6. The zero-order valence-electron chi connectivity index (χ0n) is 16.5. The van der Waals surface area contributed by atoms with E-state index in [4.69, 9.17) is 15.9 Å². The predicted octanol–water partition coefficient (Wildman–Crippen LogP) is 3.39. The normalized spacial score (nSPS) is 18.0. The van der Waals surface area contributed by atoms with Gasteiger partial charge in [0, 0.05) is 24.2 Å². The molecule has 0 spiro atoms. The molecule has 1 heterocycles. The van der Waals surface area contributed by atoms with Gasteiger partial charge in [-0.15, -0.1) is 0 Å². The zero-order chi connectivity index (χ0) is 20.9. The predicted molar refractivity (Wildman–Crippen MR) is 119 cm³/mol. The number of amidine groups is 1. The quantitative estimate of drug-likeness (QED) is 0.376. The number of hydrogen-bond donors (Lipinski definition) is 4. The minimum atomic E-state index is -0.320. The number of ether oxygens (including phenoxy) is 1. The largest absolute Gasteiger partial charge is 0.489 e. The van der Waals surface area contributed by atoms with E-state index in [1.165, 1.54) is 0 Å². The van der Waals surface area contributed by atoms with Crippen LogP contribution < -0.4 is 21.1 Å². The number of hydrogen-bond acceptors (Lipinski definition) is 4. The van der Waals surface area contributed by atoms with Crippen LogP contribution in [0, 0.1) is 5.41 Å². The topological polar surface area (TPSA) is 100 Å². The standard InChI is InChI=1S/C24H24N4O2/c25-23(26)18-7-4-8-20(13-18)30-21-14-22(27-15-21)24(29)28-19-11-9-17(10-12-19)16-5-2-1-3-6-16/h1-13,21-22,27H,14-15H2,(H3,25,26)(H,28,29)/t21-,22?/m1/s1. The number of anilines is 1. The molecule has 0 aliphatic carbocycles. The summed E-state index contributed by atoms with van der Waals surface area (Å²) in [5, 5.41) is 13.7. The molecule has 1 unspecified atom stereocenters. The summed E-state index contributed by atoms with van der Waals surface area (Å²) in [6, 6.07) is 24.8. The fourth-order valence-electron chi connectivity index (χ4n) is 3.53. The number of carbonyl (C=O) groups is 1. The van der Waals surface area contributed by atoms with Crippen molar-refractivity contribution in [1.82, 2.24) is 5.32 Å². The monoisotopic (exact) mass is 400 g/mol. The second kappa shape index (κ2) is 8.80. The highest BCUT2D eigenvalue weighted by molar-refractivity contribution is 5.96. The third-order valence-corrected chi connectivity index (χ3v) is 5.11. The minimum Gasteiger partial charge on any atom is -0.489 e. The SMILES string of the molecule is N=C(N)c1cccc(O[C@H]2CNC(C(=O)Nc3ccc(-c4ccccc4)cc3)C2)c1. The lowest BCUT2D eigenvalue weighted by Crippen LogP contribution is -2.35. The Labute approximate surface area is 175 Å². The van der Waals surface area contributed by atoms with Gasteiger partial charge in [0.1, 0.15) is 17.7 Å². The summed E-state index contributed by atoms with van der Waals surface area (Å²) in [5.74, 6) is 0.568. The number of nitrogen functional groups attached to an aromatic ring is 1. The van der Waals surface area contributed by atoms with E-state index in [-0.39, 0.29) is 23.9 Å². The van der Waals surface area contributed by atoms with Gasteiger partial charge in [0.25, 0.3) is 0 Å². The maximum atomic E-state index is 12.6. The first-order chi connectivity index (χ1) is 14.6. The van der Waals surface area contributed by atoms with Crippen molar-refractivity contribution in [2.24, 2.45) is 5.73 Å². The molecule has 0 radical (unpaired) electrons. The Bertz CT molecular complexity index is 1030. The number of nitrogens with two attached hydrogens (primary N) is 1. The molecule has 0 bridgehead atoms. The van der Waals surface area contributed by atoms with Crippen LogP contribution in [0.15, 0.2) is 78.9 Å². The van der Waals surface area contributed by atoms with Crippen LogP contribution in [0.4, 0.5) is 5.69 Å². The average molecular weight is 400 g/mol. The molecule has 0 aromatic heterocycles. The Morgan fingerprint density at radius 2 is 1.73 bits per heavy atom. The molecular weight excluding hydrogens is 376 g/mol. The van der Waals surface area contributed by atoms with E-state index >= 15 is 0 Å².